The van der Waals surface area contributed by atoms with Crippen LogP contribution in [0.15, 0.2) is 74.1 Å². The Balaban J connectivity index is 1.56. The molecule has 13 nitrogen and oxygen atoms in total. The number of hydrogen-bond donors (Lipinski definition) is 3. The number of ether oxygens (including phenoxy) is 3. The van der Waals surface area contributed by atoms with Gasteiger partial charge >= 0.3 is 14.1 Å². The molecule has 2 heterocycles. The van der Waals surface area contributed by atoms with Gasteiger partial charge in [0.1, 0.15) is 18.9 Å². The van der Waals surface area contributed by atoms with E-state index in [-0.39, 0.29) is 31.0 Å². The molecule has 0 saturated carbocycles. The molecule has 0 radical (unpaired) electrons. The van der Waals surface area contributed by atoms with Crippen LogP contribution in [-0.4, -0.2) is 62.3 Å². The lowest BCUT2D eigenvalue weighted by Gasteiger charge is -2.26. The van der Waals surface area contributed by atoms with E-state index in [9.17, 15) is 9.69 Å². The highest BCUT2D eigenvalue weighted by molar-refractivity contribution is 7.59. The van der Waals surface area contributed by atoms with Crippen LogP contribution in [0.5, 0.6) is 11.6 Å². The zero-order valence-electron chi connectivity index (χ0n) is 29.4. The molecule has 2 aromatic heterocycles. The molecule has 4 N–H and O–H groups in total. The monoisotopic (exact) mass is 709 g/mol. The summed E-state index contributed by atoms with van der Waals surface area (Å²) in [5, 5.41) is 4.74. The molecule has 4 rings (SSSR count). The van der Waals surface area contributed by atoms with Crippen LogP contribution in [0.1, 0.15) is 66.0 Å². The predicted octanol–water partition coefficient (Wildman–Crippen LogP) is 7.11. The average Bonchev–Trinajstić information content (AvgIpc) is 3.52. The molecule has 0 aliphatic carbocycles. The van der Waals surface area contributed by atoms with Crippen LogP contribution >= 0.6 is 8.09 Å². The molecular weight excluding hydrogens is 659 g/mol. The zero-order chi connectivity index (χ0) is 36.1. The first-order chi connectivity index (χ1) is 24.1. The fourth-order valence-corrected chi connectivity index (χ4v) is 6.74. The highest BCUT2D eigenvalue weighted by atomic mass is 31.2. The molecule has 2 aromatic carbocycles. The number of carbonyl (C=O) groups is 1. The molecule has 50 heavy (non-hydrogen) atoms. The first kappa shape index (κ1) is 38.7. The number of benzene rings is 2. The lowest BCUT2D eigenvalue weighted by atomic mass is 10.1. The third-order valence-electron chi connectivity index (χ3n) is 7.72. The Kier molecular flexibility index (Phi) is 14.5. The number of carbonyl (C=O) groups excluding carboxylic acids is 1. The lowest BCUT2D eigenvalue weighted by molar-refractivity contribution is -0.146. The number of nitrogens with zero attached hydrogens (tertiary/aromatic N) is 4. The molecule has 0 aliphatic heterocycles. The molecule has 4 unspecified atom stereocenters. The van der Waals surface area contributed by atoms with Crippen molar-refractivity contribution in [2.45, 2.75) is 78.2 Å². The predicted molar refractivity (Wildman–Crippen MR) is 196 cm³/mol. The summed E-state index contributed by atoms with van der Waals surface area (Å²) >= 11 is 0. The van der Waals surface area contributed by atoms with Crippen molar-refractivity contribution in [3.05, 3.63) is 74.1 Å². The first-order valence-electron chi connectivity index (χ1n) is 17.0. The Morgan fingerprint density at radius 1 is 1.08 bits per heavy atom. The van der Waals surface area contributed by atoms with E-state index in [0.717, 1.165) is 17.2 Å². The fraction of sp³-hybridized carbons (Fsp3) is 0.444. The van der Waals surface area contributed by atoms with Gasteiger partial charge in [0.15, 0.2) is 16.9 Å². The van der Waals surface area contributed by atoms with Gasteiger partial charge in [-0.1, -0.05) is 74.4 Å². The van der Waals surface area contributed by atoms with Crippen LogP contribution in [0.25, 0.3) is 21.9 Å². The number of aromatic nitrogens is 4. The summed E-state index contributed by atoms with van der Waals surface area (Å²) in [7, 11) is -3.97. The lowest BCUT2D eigenvalue weighted by Crippen LogP contribution is -2.41. The normalized spacial score (nSPS) is 14.6. The second-order valence-corrected chi connectivity index (χ2v) is 13.9. The van der Waals surface area contributed by atoms with Crippen LogP contribution in [0.4, 0.5) is 5.95 Å². The Hall–Kier alpha value is -4.13. The molecule has 0 amide bonds. The van der Waals surface area contributed by atoms with Gasteiger partial charge < -0.3 is 19.9 Å². The second kappa shape index (κ2) is 18.7. The van der Waals surface area contributed by atoms with Crippen molar-refractivity contribution in [1.29, 1.82) is 0 Å². The van der Waals surface area contributed by atoms with Crippen molar-refractivity contribution in [2.24, 2.45) is 5.92 Å². The Bertz CT molecular complexity index is 1710. The van der Waals surface area contributed by atoms with E-state index < -0.39 is 32.4 Å². The van der Waals surface area contributed by atoms with Crippen LogP contribution in [0.2, 0.25) is 0 Å². The maximum Gasteiger partial charge on any atom is 0.544 e. The molecule has 0 bridgehead atoms. The quantitative estimate of drug-likeness (QED) is 0.0328. The molecule has 270 valence electrons. The topological polar surface area (TPSA) is 165 Å². The van der Waals surface area contributed by atoms with Gasteiger partial charge in [-0.2, -0.15) is 19.4 Å². The smallest absolute Gasteiger partial charge is 0.476 e. The summed E-state index contributed by atoms with van der Waals surface area (Å²) in [6.45, 7) is 15.7. The fourth-order valence-electron chi connectivity index (χ4n) is 5.16. The second-order valence-electron chi connectivity index (χ2n) is 12.2. The zero-order valence-corrected chi connectivity index (χ0v) is 30.3. The number of imidazole rings is 1. The maximum atomic E-state index is 13.3. The minimum absolute atomic E-state index is 0.0390. The number of esters is 1. The number of nitrogens with two attached hydrogens (primary N) is 1. The van der Waals surface area contributed by atoms with E-state index in [2.05, 4.69) is 33.2 Å². The van der Waals surface area contributed by atoms with E-state index in [1.54, 1.807) is 29.1 Å². The van der Waals surface area contributed by atoms with E-state index in [1.165, 1.54) is 0 Å². The van der Waals surface area contributed by atoms with Crippen LogP contribution in [0, 0.1) is 5.92 Å². The molecule has 0 saturated heterocycles. The SMILES string of the molecule is C=CCCCOC(=O)C(CC(C)C)N[P+](O)(OCC(CC)OC(C)n1cnc2c(OCCC=C)nc(N)nc21)Oc1cccc2ccccc12. The van der Waals surface area contributed by atoms with Crippen molar-refractivity contribution in [2.75, 3.05) is 25.6 Å². The number of nitrogen functional groups attached to an aromatic ring is 1. The van der Waals surface area contributed by atoms with E-state index in [0.29, 0.717) is 49.2 Å². The van der Waals surface area contributed by atoms with Gasteiger partial charge in [0.05, 0.1) is 25.6 Å². The molecule has 14 heteroatoms. The van der Waals surface area contributed by atoms with Gasteiger partial charge in [0.2, 0.25) is 11.8 Å². The minimum Gasteiger partial charge on any atom is -0.476 e. The number of anilines is 1. The number of fused-ring (bicyclic) bond motifs is 2. The summed E-state index contributed by atoms with van der Waals surface area (Å²) < 4.78 is 32.0. The number of hydrogen-bond acceptors (Lipinski definition) is 12. The Morgan fingerprint density at radius 3 is 2.58 bits per heavy atom. The van der Waals surface area contributed by atoms with Crippen molar-refractivity contribution >= 4 is 41.9 Å². The van der Waals surface area contributed by atoms with E-state index in [4.69, 9.17) is 29.0 Å². The molecule has 4 aromatic rings. The van der Waals surface area contributed by atoms with Gasteiger partial charge in [-0.05, 0) is 56.4 Å². The van der Waals surface area contributed by atoms with Crippen LogP contribution in [-0.2, 0) is 18.8 Å². The molecule has 0 fully saturated rings. The Morgan fingerprint density at radius 2 is 1.84 bits per heavy atom. The standard InChI is InChI=1S/C36H50N6O7P/c1-7-10-14-21-46-35(43)30(22-25(4)5)41-50(44,49-31-19-15-17-27-16-12-13-18-29(27)31)47-23-28(9-3)48-26(6)42-24-38-32-33(42)39-36(37)40-34(32)45-20-11-8-2/h7-8,12-13,15-19,24-26,28,30,41,44H,1-2,9-11,14,20-23H2,3-6H3,(H2,37,39,40)/q+1. The Labute approximate surface area is 294 Å². The van der Waals surface area contributed by atoms with Gasteiger partial charge in [-0.15, -0.1) is 13.2 Å². The summed E-state index contributed by atoms with van der Waals surface area (Å²) in [5.74, 6) is 0.325. The van der Waals surface area contributed by atoms with Gasteiger partial charge in [-0.25, -0.2) is 4.98 Å². The largest absolute Gasteiger partial charge is 0.544 e. The van der Waals surface area contributed by atoms with Gasteiger partial charge in [0.25, 0.3) is 0 Å². The summed E-state index contributed by atoms with van der Waals surface area (Å²) in [4.78, 5) is 38.5. The highest BCUT2D eigenvalue weighted by Crippen LogP contribution is 2.54. The summed E-state index contributed by atoms with van der Waals surface area (Å²) in [5.41, 5.74) is 6.90. The van der Waals surface area contributed by atoms with Gasteiger partial charge in [0, 0.05) is 5.39 Å². The van der Waals surface area contributed by atoms with E-state index >= 15 is 0 Å². The van der Waals surface area contributed by atoms with Crippen LogP contribution < -0.4 is 20.1 Å². The highest BCUT2D eigenvalue weighted by Gasteiger charge is 2.49. The van der Waals surface area contributed by atoms with Crippen molar-refractivity contribution in [3.63, 3.8) is 0 Å². The molecule has 0 spiro atoms. The summed E-state index contributed by atoms with van der Waals surface area (Å²) in [6, 6.07) is 12.3. The van der Waals surface area contributed by atoms with Crippen LogP contribution in [0.3, 0.4) is 0 Å². The van der Waals surface area contributed by atoms with Crippen molar-refractivity contribution in [3.8, 4) is 11.6 Å². The first-order valence-corrected chi connectivity index (χ1v) is 18.5. The molecular formula is C36H50N6O7P+. The summed E-state index contributed by atoms with van der Waals surface area (Å²) in [6.07, 6.45) is 6.94. The maximum absolute atomic E-state index is 13.3. The molecule has 0 aliphatic rings. The molecule has 4 atom stereocenters. The number of nitrogens with one attached hydrogen (secondary N) is 1. The third kappa shape index (κ3) is 10.7. The van der Waals surface area contributed by atoms with Gasteiger partial charge in [-0.3, -0.25) is 13.9 Å². The minimum atomic E-state index is -3.97. The average molecular weight is 710 g/mol. The number of unbranched alkanes of at least 4 members (excludes halogenated alkanes) is 1. The third-order valence-corrected chi connectivity index (χ3v) is 9.30. The number of rotatable bonds is 22. The van der Waals surface area contributed by atoms with Crippen molar-refractivity contribution < 1.29 is 32.9 Å². The van der Waals surface area contributed by atoms with E-state index in [1.807, 2.05) is 64.1 Å². The van der Waals surface area contributed by atoms with Crippen molar-refractivity contribution in [1.82, 2.24) is 24.6 Å². The number of allylic oxidation sites excluding steroid dienone is 1.